The fourth-order valence-corrected chi connectivity index (χ4v) is 4.87. The Kier molecular flexibility index (Phi) is 5.70. The summed E-state index contributed by atoms with van der Waals surface area (Å²) in [6, 6.07) is 15.0. The number of amides is 1. The standard InChI is InChI=1S/C23H26ClFN2O/c1-16(17-6-3-2-4-7-17)10-11-26-12-18-14-27(15-19(18)13-26)23(28)22-20(24)8-5-9-21(22)25/h2-9,16,18-19H,10-15H2,1H3/t16-,18?,19?/m0/s1. The normalized spacial score (nSPS) is 23.0. The van der Waals surface area contributed by atoms with Crippen molar-refractivity contribution in [3.63, 3.8) is 0 Å². The van der Waals surface area contributed by atoms with Crippen molar-refractivity contribution in [3.05, 3.63) is 70.5 Å². The van der Waals surface area contributed by atoms with Crippen LogP contribution in [0.2, 0.25) is 5.02 Å². The highest BCUT2D eigenvalue weighted by Crippen LogP contribution is 2.33. The Morgan fingerprint density at radius 2 is 1.75 bits per heavy atom. The highest BCUT2D eigenvalue weighted by Gasteiger charge is 2.42. The highest BCUT2D eigenvalue weighted by atomic mass is 35.5. The molecule has 2 unspecified atom stereocenters. The van der Waals surface area contributed by atoms with Gasteiger partial charge >= 0.3 is 0 Å². The van der Waals surface area contributed by atoms with Crippen LogP contribution in [0.1, 0.15) is 35.2 Å². The monoisotopic (exact) mass is 400 g/mol. The molecule has 28 heavy (non-hydrogen) atoms. The van der Waals surface area contributed by atoms with E-state index in [9.17, 15) is 9.18 Å². The molecule has 5 heteroatoms. The van der Waals surface area contributed by atoms with Gasteiger partial charge in [0.25, 0.3) is 5.91 Å². The predicted molar refractivity (Wildman–Crippen MR) is 110 cm³/mol. The molecule has 2 aliphatic heterocycles. The van der Waals surface area contributed by atoms with Gasteiger partial charge < -0.3 is 9.80 Å². The molecule has 0 saturated carbocycles. The molecule has 2 aliphatic rings. The van der Waals surface area contributed by atoms with Gasteiger partial charge in [0.1, 0.15) is 5.82 Å². The van der Waals surface area contributed by atoms with Gasteiger partial charge in [-0.1, -0.05) is 54.9 Å². The molecule has 2 heterocycles. The van der Waals surface area contributed by atoms with E-state index < -0.39 is 5.82 Å². The number of nitrogens with zero attached hydrogens (tertiary/aromatic N) is 2. The molecule has 2 aromatic carbocycles. The number of benzene rings is 2. The summed E-state index contributed by atoms with van der Waals surface area (Å²) in [6.07, 6.45) is 1.14. The number of carbonyl (C=O) groups is 1. The second-order valence-corrected chi connectivity index (χ2v) is 8.59. The van der Waals surface area contributed by atoms with Gasteiger partial charge in [0.05, 0.1) is 10.6 Å². The number of rotatable bonds is 5. The third-order valence-corrected chi connectivity index (χ3v) is 6.59. The highest BCUT2D eigenvalue weighted by molar-refractivity contribution is 6.33. The van der Waals surface area contributed by atoms with Gasteiger partial charge in [-0.15, -0.1) is 0 Å². The zero-order valence-electron chi connectivity index (χ0n) is 16.2. The van der Waals surface area contributed by atoms with E-state index in [1.54, 1.807) is 11.0 Å². The molecule has 2 saturated heterocycles. The first kappa shape index (κ1) is 19.4. The van der Waals surface area contributed by atoms with E-state index in [-0.39, 0.29) is 16.5 Å². The van der Waals surface area contributed by atoms with Crippen molar-refractivity contribution in [1.29, 1.82) is 0 Å². The summed E-state index contributed by atoms with van der Waals surface area (Å²) >= 11 is 6.07. The molecule has 0 N–H and O–H groups in total. The quantitative estimate of drug-likeness (QED) is 0.727. The van der Waals surface area contributed by atoms with Crippen LogP contribution >= 0.6 is 11.6 Å². The number of carbonyl (C=O) groups excluding carboxylic acids is 1. The second kappa shape index (κ2) is 8.22. The summed E-state index contributed by atoms with van der Waals surface area (Å²) in [7, 11) is 0. The van der Waals surface area contributed by atoms with Crippen LogP contribution in [-0.4, -0.2) is 48.4 Å². The van der Waals surface area contributed by atoms with Gasteiger partial charge in [-0.2, -0.15) is 0 Å². The molecule has 0 aliphatic carbocycles. The third-order valence-electron chi connectivity index (χ3n) is 6.27. The van der Waals surface area contributed by atoms with Crippen LogP contribution in [0.4, 0.5) is 4.39 Å². The van der Waals surface area contributed by atoms with Crippen LogP contribution in [0.3, 0.4) is 0 Å². The number of hydrogen-bond acceptors (Lipinski definition) is 2. The fourth-order valence-electron chi connectivity index (χ4n) is 4.62. The minimum Gasteiger partial charge on any atom is -0.338 e. The molecule has 2 aromatic rings. The van der Waals surface area contributed by atoms with E-state index >= 15 is 0 Å². The number of fused-ring (bicyclic) bond motifs is 1. The Morgan fingerprint density at radius 1 is 1.07 bits per heavy atom. The van der Waals surface area contributed by atoms with Crippen molar-refractivity contribution in [1.82, 2.24) is 9.80 Å². The van der Waals surface area contributed by atoms with Gasteiger partial charge in [0.2, 0.25) is 0 Å². The molecule has 3 atom stereocenters. The largest absolute Gasteiger partial charge is 0.338 e. The lowest BCUT2D eigenvalue weighted by atomic mass is 9.98. The topological polar surface area (TPSA) is 23.6 Å². The molecule has 0 aromatic heterocycles. The van der Waals surface area contributed by atoms with Crippen molar-refractivity contribution in [2.45, 2.75) is 19.3 Å². The first-order valence-electron chi connectivity index (χ1n) is 10.0. The van der Waals surface area contributed by atoms with Crippen LogP contribution in [0, 0.1) is 17.7 Å². The van der Waals surface area contributed by atoms with Crippen molar-refractivity contribution in [3.8, 4) is 0 Å². The Labute approximate surface area is 171 Å². The maximum absolute atomic E-state index is 14.1. The molecular formula is C23H26ClFN2O. The lowest BCUT2D eigenvalue weighted by Gasteiger charge is -2.23. The van der Waals surface area contributed by atoms with E-state index in [1.807, 2.05) is 0 Å². The van der Waals surface area contributed by atoms with E-state index in [0.717, 1.165) is 26.1 Å². The van der Waals surface area contributed by atoms with Crippen LogP contribution in [0.15, 0.2) is 48.5 Å². The minimum absolute atomic E-state index is 0.0117. The number of hydrogen-bond donors (Lipinski definition) is 0. The summed E-state index contributed by atoms with van der Waals surface area (Å²) in [4.78, 5) is 17.1. The van der Waals surface area contributed by atoms with Gasteiger partial charge in [0.15, 0.2) is 0 Å². The van der Waals surface area contributed by atoms with E-state index in [0.29, 0.717) is 30.8 Å². The lowest BCUT2D eigenvalue weighted by molar-refractivity contribution is 0.0769. The minimum atomic E-state index is -0.536. The van der Waals surface area contributed by atoms with Crippen LogP contribution in [-0.2, 0) is 0 Å². The van der Waals surface area contributed by atoms with E-state index in [4.69, 9.17) is 11.6 Å². The van der Waals surface area contributed by atoms with Gasteiger partial charge in [-0.05, 0) is 48.4 Å². The Hall–Kier alpha value is -1.91. The zero-order valence-corrected chi connectivity index (χ0v) is 16.9. The average molecular weight is 401 g/mol. The van der Waals surface area contributed by atoms with E-state index in [2.05, 4.69) is 42.2 Å². The molecule has 0 spiro atoms. The number of halogens is 2. The molecule has 1 amide bonds. The summed E-state index contributed by atoms with van der Waals surface area (Å²) in [5.74, 6) is 0.679. The smallest absolute Gasteiger partial charge is 0.258 e. The van der Waals surface area contributed by atoms with Crippen molar-refractivity contribution < 1.29 is 9.18 Å². The first-order chi connectivity index (χ1) is 13.5. The van der Waals surface area contributed by atoms with Crippen molar-refractivity contribution in [2.24, 2.45) is 11.8 Å². The fraction of sp³-hybridized carbons (Fsp3) is 0.435. The lowest BCUT2D eigenvalue weighted by Crippen LogP contribution is -2.34. The van der Waals surface area contributed by atoms with Crippen molar-refractivity contribution >= 4 is 17.5 Å². The summed E-state index contributed by atoms with van der Waals surface area (Å²) in [6.45, 7) is 6.78. The molecule has 3 nitrogen and oxygen atoms in total. The maximum atomic E-state index is 14.1. The van der Waals surface area contributed by atoms with Gasteiger partial charge in [0, 0.05) is 26.2 Å². The third kappa shape index (κ3) is 3.94. The predicted octanol–water partition coefficient (Wildman–Crippen LogP) is 4.68. The van der Waals surface area contributed by atoms with Crippen LogP contribution < -0.4 is 0 Å². The van der Waals surface area contributed by atoms with Crippen LogP contribution in [0.5, 0.6) is 0 Å². The first-order valence-corrected chi connectivity index (χ1v) is 10.4. The van der Waals surface area contributed by atoms with Gasteiger partial charge in [-0.3, -0.25) is 4.79 Å². The Balaban J connectivity index is 1.31. The summed E-state index contributed by atoms with van der Waals surface area (Å²) in [5, 5.41) is 0.193. The molecule has 0 bridgehead atoms. The molecular weight excluding hydrogens is 375 g/mol. The zero-order chi connectivity index (χ0) is 19.7. The maximum Gasteiger partial charge on any atom is 0.258 e. The van der Waals surface area contributed by atoms with Gasteiger partial charge in [-0.25, -0.2) is 4.39 Å². The summed E-state index contributed by atoms with van der Waals surface area (Å²) in [5.41, 5.74) is 1.40. The average Bonchev–Trinajstić information content (AvgIpc) is 3.25. The Morgan fingerprint density at radius 3 is 2.39 bits per heavy atom. The molecule has 4 rings (SSSR count). The second-order valence-electron chi connectivity index (χ2n) is 8.19. The van der Waals surface area contributed by atoms with E-state index in [1.165, 1.54) is 17.7 Å². The molecule has 2 fully saturated rings. The van der Waals surface area contributed by atoms with Crippen LogP contribution in [0.25, 0.3) is 0 Å². The molecule has 0 radical (unpaired) electrons. The van der Waals surface area contributed by atoms with Crippen molar-refractivity contribution in [2.75, 3.05) is 32.7 Å². The SMILES string of the molecule is C[C@@H](CCN1CC2CN(C(=O)c3c(F)cccc3Cl)CC2C1)c1ccccc1. The summed E-state index contributed by atoms with van der Waals surface area (Å²) < 4.78 is 14.1. The Bertz CT molecular complexity index is 810. The number of likely N-dealkylation sites (tertiary alicyclic amines) is 2. The molecule has 148 valence electrons.